The highest BCUT2D eigenvalue weighted by Crippen LogP contribution is 2.23. The number of hydrogen-bond acceptors (Lipinski definition) is 3. The predicted octanol–water partition coefficient (Wildman–Crippen LogP) is 2.25. The summed E-state index contributed by atoms with van der Waals surface area (Å²) in [6.07, 6.45) is -6.20. The van der Waals surface area contributed by atoms with Crippen molar-refractivity contribution in [2.45, 2.75) is 38.5 Å². The van der Waals surface area contributed by atoms with Crippen LogP contribution in [0.4, 0.5) is 13.2 Å². The van der Waals surface area contributed by atoms with Crippen LogP contribution in [0.2, 0.25) is 0 Å². The molecule has 1 heterocycles. The quantitative estimate of drug-likeness (QED) is 0.869. The molecule has 19 heavy (non-hydrogen) atoms. The van der Waals surface area contributed by atoms with Gasteiger partial charge in [-0.3, -0.25) is 4.79 Å². The third-order valence-corrected chi connectivity index (χ3v) is 2.54. The van der Waals surface area contributed by atoms with Gasteiger partial charge in [-0.15, -0.1) is 0 Å². The van der Waals surface area contributed by atoms with Crippen molar-refractivity contribution < 1.29 is 27.5 Å². The molecule has 0 radical (unpaired) electrons. The van der Waals surface area contributed by atoms with E-state index in [1.165, 1.54) is 6.92 Å². The molecule has 0 aliphatic carbocycles. The second-order valence-corrected chi connectivity index (χ2v) is 4.58. The van der Waals surface area contributed by atoms with Gasteiger partial charge < -0.3 is 14.8 Å². The zero-order valence-electron chi connectivity index (χ0n) is 10.7. The van der Waals surface area contributed by atoms with Crippen LogP contribution in [0.3, 0.4) is 0 Å². The molecule has 1 unspecified atom stereocenters. The number of furan rings is 1. The van der Waals surface area contributed by atoms with Crippen molar-refractivity contribution in [1.29, 1.82) is 0 Å². The molecule has 1 amide bonds. The highest BCUT2D eigenvalue weighted by Gasteiger charge is 2.30. The molecule has 1 rings (SSSR count). The van der Waals surface area contributed by atoms with E-state index in [4.69, 9.17) is 4.42 Å². The van der Waals surface area contributed by atoms with Crippen LogP contribution in [0.25, 0.3) is 0 Å². The van der Waals surface area contributed by atoms with Gasteiger partial charge in [-0.1, -0.05) is 0 Å². The topological polar surface area (TPSA) is 62.5 Å². The van der Waals surface area contributed by atoms with Crippen molar-refractivity contribution in [2.75, 3.05) is 6.54 Å². The van der Waals surface area contributed by atoms with Gasteiger partial charge in [0.2, 0.25) is 5.91 Å². The summed E-state index contributed by atoms with van der Waals surface area (Å²) in [5, 5.41) is 12.3. The first-order valence-electron chi connectivity index (χ1n) is 5.73. The minimum atomic E-state index is -4.36. The Bertz CT molecular complexity index is 438. The lowest BCUT2D eigenvalue weighted by molar-refractivity contribution is -0.144. The van der Waals surface area contributed by atoms with E-state index in [0.717, 1.165) is 0 Å². The lowest BCUT2D eigenvalue weighted by Crippen LogP contribution is -2.38. The maximum absolute atomic E-state index is 11.9. The van der Waals surface area contributed by atoms with E-state index >= 15 is 0 Å². The summed E-state index contributed by atoms with van der Waals surface area (Å²) in [5.41, 5.74) is -1.46. The Labute approximate surface area is 108 Å². The summed E-state index contributed by atoms with van der Waals surface area (Å²) in [6.45, 7) is 2.90. The first-order valence-corrected chi connectivity index (χ1v) is 5.73. The third-order valence-electron chi connectivity index (χ3n) is 2.54. The molecule has 0 bridgehead atoms. The van der Waals surface area contributed by atoms with Crippen LogP contribution in [0.1, 0.15) is 31.3 Å². The number of aliphatic hydroxyl groups is 1. The standard InChI is InChI=1S/C12H16F3NO3/c1-8-3-4-9(19-8)11(2,18)7-16-10(17)5-6-12(13,14)15/h3-4,18H,5-7H2,1-2H3,(H,16,17). The molecule has 7 heteroatoms. The highest BCUT2D eigenvalue weighted by molar-refractivity contribution is 5.75. The summed E-state index contributed by atoms with van der Waals surface area (Å²) >= 11 is 0. The van der Waals surface area contributed by atoms with Crippen molar-refractivity contribution in [3.8, 4) is 0 Å². The Morgan fingerprint density at radius 2 is 2.05 bits per heavy atom. The molecule has 0 saturated carbocycles. The van der Waals surface area contributed by atoms with Crippen LogP contribution >= 0.6 is 0 Å². The lowest BCUT2D eigenvalue weighted by atomic mass is 10.0. The van der Waals surface area contributed by atoms with Gasteiger partial charge in [0.15, 0.2) is 0 Å². The summed E-state index contributed by atoms with van der Waals surface area (Å²) < 4.78 is 41.0. The van der Waals surface area contributed by atoms with Gasteiger partial charge in [0.05, 0.1) is 13.0 Å². The number of amides is 1. The lowest BCUT2D eigenvalue weighted by Gasteiger charge is -2.21. The molecule has 108 valence electrons. The fourth-order valence-electron chi connectivity index (χ4n) is 1.43. The van der Waals surface area contributed by atoms with E-state index in [9.17, 15) is 23.1 Å². The molecular formula is C12H16F3NO3. The minimum absolute atomic E-state index is 0.212. The summed E-state index contributed by atoms with van der Waals surface area (Å²) in [5.74, 6) is 0.0840. The molecular weight excluding hydrogens is 263 g/mol. The number of aryl methyl sites for hydroxylation is 1. The summed E-state index contributed by atoms with van der Waals surface area (Å²) in [7, 11) is 0. The molecule has 0 aliphatic rings. The third kappa shape index (κ3) is 5.34. The van der Waals surface area contributed by atoms with E-state index in [2.05, 4.69) is 5.32 Å². The van der Waals surface area contributed by atoms with Gasteiger partial charge >= 0.3 is 6.18 Å². The van der Waals surface area contributed by atoms with Crippen molar-refractivity contribution in [3.63, 3.8) is 0 Å². The molecule has 1 atom stereocenters. The Balaban J connectivity index is 2.45. The second kappa shape index (κ2) is 5.64. The van der Waals surface area contributed by atoms with Crippen LogP contribution in [0.5, 0.6) is 0 Å². The van der Waals surface area contributed by atoms with Crippen molar-refractivity contribution in [2.24, 2.45) is 0 Å². The van der Waals surface area contributed by atoms with Gasteiger partial charge in [0, 0.05) is 6.42 Å². The number of halogens is 3. The molecule has 1 aromatic rings. The van der Waals surface area contributed by atoms with Crippen LogP contribution in [-0.2, 0) is 10.4 Å². The second-order valence-electron chi connectivity index (χ2n) is 4.58. The zero-order chi connectivity index (χ0) is 14.7. The molecule has 0 fully saturated rings. The zero-order valence-corrected chi connectivity index (χ0v) is 10.7. The van der Waals surface area contributed by atoms with Gasteiger partial charge in [-0.2, -0.15) is 13.2 Å². The first kappa shape index (κ1) is 15.6. The molecule has 4 nitrogen and oxygen atoms in total. The maximum atomic E-state index is 11.9. The van der Waals surface area contributed by atoms with E-state index in [1.54, 1.807) is 19.1 Å². The highest BCUT2D eigenvalue weighted by atomic mass is 19.4. The van der Waals surface area contributed by atoms with Crippen molar-refractivity contribution >= 4 is 5.91 Å². The average molecular weight is 279 g/mol. The predicted molar refractivity (Wildman–Crippen MR) is 61.3 cm³/mol. The number of nitrogens with one attached hydrogen (secondary N) is 1. The molecule has 0 aliphatic heterocycles. The van der Waals surface area contributed by atoms with E-state index in [-0.39, 0.29) is 12.3 Å². The summed E-state index contributed by atoms with van der Waals surface area (Å²) in [4.78, 5) is 11.2. The smallest absolute Gasteiger partial charge is 0.389 e. The molecule has 0 saturated heterocycles. The van der Waals surface area contributed by atoms with Gasteiger partial charge in [-0.25, -0.2) is 0 Å². The maximum Gasteiger partial charge on any atom is 0.389 e. The number of carbonyl (C=O) groups excluding carboxylic acids is 1. The summed E-state index contributed by atoms with van der Waals surface area (Å²) in [6, 6.07) is 3.20. The number of alkyl halides is 3. The fourth-order valence-corrected chi connectivity index (χ4v) is 1.43. The molecule has 1 aromatic heterocycles. The SMILES string of the molecule is Cc1ccc(C(C)(O)CNC(=O)CCC(F)(F)F)o1. The molecule has 2 N–H and O–H groups in total. The van der Waals surface area contributed by atoms with Gasteiger partial charge in [0.1, 0.15) is 17.1 Å². The monoisotopic (exact) mass is 279 g/mol. The Morgan fingerprint density at radius 1 is 1.42 bits per heavy atom. The van der Waals surface area contributed by atoms with Crippen molar-refractivity contribution in [1.82, 2.24) is 5.32 Å². The average Bonchev–Trinajstić information content (AvgIpc) is 2.70. The normalized spacial score (nSPS) is 15.1. The van der Waals surface area contributed by atoms with Crippen LogP contribution in [0.15, 0.2) is 16.5 Å². The number of rotatable bonds is 5. The largest absolute Gasteiger partial charge is 0.463 e. The van der Waals surface area contributed by atoms with Crippen molar-refractivity contribution in [3.05, 3.63) is 23.7 Å². The number of hydrogen-bond donors (Lipinski definition) is 2. The van der Waals surface area contributed by atoms with E-state index in [0.29, 0.717) is 5.76 Å². The van der Waals surface area contributed by atoms with Crippen LogP contribution < -0.4 is 5.32 Å². The first-order chi connectivity index (χ1) is 8.60. The molecule has 0 spiro atoms. The van der Waals surface area contributed by atoms with Crippen LogP contribution in [0, 0.1) is 6.92 Å². The van der Waals surface area contributed by atoms with E-state index < -0.39 is 30.5 Å². The molecule has 0 aromatic carbocycles. The Kier molecular flexibility index (Phi) is 4.62. The van der Waals surface area contributed by atoms with E-state index in [1.807, 2.05) is 0 Å². The van der Waals surface area contributed by atoms with Gasteiger partial charge in [0.25, 0.3) is 0 Å². The van der Waals surface area contributed by atoms with Crippen LogP contribution in [-0.4, -0.2) is 23.7 Å². The number of carbonyl (C=O) groups is 1. The van der Waals surface area contributed by atoms with Gasteiger partial charge in [-0.05, 0) is 26.0 Å². The fraction of sp³-hybridized carbons (Fsp3) is 0.583. The minimum Gasteiger partial charge on any atom is -0.463 e. The Morgan fingerprint density at radius 3 is 2.53 bits per heavy atom. The Hall–Kier alpha value is -1.50.